The first kappa shape index (κ1) is 21.1. The van der Waals surface area contributed by atoms with Crippen LogP contribution in [0.4, 0.5) is 5.69 Å². The van der Waals surface area contributed by atoms with Gasteiger partial charge in [-0.15, -0.1) is 0 Å². The number of guanidine groups is 1. The fraction of sp³-hybridized carbons (Fsp3) is 0.333. The Morgan fingerprint density at radius 2 is 1.89 bits per heavy atom. The summed E-state index contributed by atoms with van der Waals surface area (Å²) in [4.78, 5) is 16.6. The van der Waals surface area contributed by atoms with Gasteiger partial charge in [0, 0.05) is 23.4 Å². The van der Waals surface area contributed by atoms with E-state index in [1.807, 2.05) is 38.1 Å². The van der Waals surface area contributed by atoms with E-state index in [1.165, 1.54) is 0 Å². The lowest BCUT2D eigenvalue weighted by Gasteiger charge is -2.12. The first-order valence-corrected chi connectivity index (χ1v) is 9.15. The minimum Gasteiger partial charge on any atom is -0.493 e. The molecule has 1 unspecified atom stereocenters. The molecule has 0 fully saturated rings. The SMILES string of the molecule is CCC(C)NC(=O)c1cccc(CN=C(N)Nc2ccc(OC)c(OC)c2)c1. The van der Waals surface area contributed by atoms with E-state index in [4.69, 9.17) is 15.2 Å². The summed E-state index contributed by atoms with van der Waals surface area (Å²) in [5.74, 6) is 1.41. The zero-order valence-electron chi connectivity index (χ0n) is 16.8. The van der Waals surface area contributed by atoms with E-state index >= 15 is 0 Å². The lowest BCUT2D eigenvalue weighted by Crippen LogP contribution is -2.31. The number of carbonyl (C=O) groups excluding carboxylic acids is 1. The summed E-state index contributed by atoms with van der Waals surface area (Å²) in [6.07, 6.45) is 0.883. The lowest BCUT2D eigenvalue weighted by molar-refractivity contribution is 0.0939. The predicted octanol–water partition coefficient (Wildman–Crippen LogP) is 3.16. The Kier molecular flexibility index (Phi) is 7.68. The van der Waals surface area contributed by atoms with Crippen LogP contribution in [0.2, 0.25) is 0 Å². The first-order valence-electron chi connectivity index (χ1n) is 9.15. The highest BCUT2D eigenvalue weighted by molar-refractivity contribution is 5.94. The number of ether oxygens (including phenoxy) is 2. The Bertz CT molecular complexity index is 836. The molecule has 1 atom stereocenters. The first-order chi connectivity index (χ1) is 13.5. The van der Waals surface area contributed by atoms with E-state index < -0.39 is 0 Å². The Morgan fingerprint density at radius 3 is 2.57 bits per heavy atom. The zero-order valence-corrected chi connectivity index (χ0v) is 16.8. The fourth-order valence-corrected chi connectivity index (χ4v) is 2.50. The van der Waals surface area contributed by atoms with Gasteiger partial charge in [-0.25, -0.2) is 4.99 Å². The van der Waals surface area contributed by atoms with Crippen molar-refractivity contribution < 1.29 is 14.3 Å². The smallest absolute Gasteiger partial charge is 0.251 e. The maximum atomic E-state index is 12.3. The number of nitrogens with two attached hydrogens (primary N) is 1. The molecule has 2 aromatic rings. The van der Waals surface area contributed by atoms with Gasteiger partial charge in [0.1, 0.15) is 0 Å². The predicted molar refractivity (Wildman–Crippen MR) is 112 cm³/mol. The molecule has 150 valence electrons. The summed E-state index contributed by atoms with van der Waals surface area (Å²) in [6, 6.07) is 12.9. The Hall–Kier alpha value is -3.22. The number of carbonyl (C=O) groups is 1. The molecule has 0 heterocycles. The largest absolute Gasteiger partial charge is 0.493 e. The number of rotatable bonds is 8. The third-order valence-corrected chi connectivity index (χ3v) is 4.27. The number of benzene rings is 2. The van der Waals surface area contributed by atoms with E-state index in [-0.39, 0.29) is 17.9 Å². The Labute approximate surface area is 165 Å². The van der Waals surface area contributed by atoms with Crippen LogP contribution in [-0.2, 0) is 6.54 Å². The maximum Gasteiger partial charge on any atom is 0.251 e. The second-order valence-corrected chi connectivity index (χ2v) is 6.38. The van der Waals surface area contributed by atoms with Crippen molar-refractivity contribution in [1.82, 2.24) is 5.32 Å². The molecule has 2 rings (SSSR count). The highest BCUT2D eigenvalue weighted by Gasteiger charge is 2.09. The van der Waals surface area contributed by atoms with Crippen LogP contribution in [0, 0.1) is 0 Å². The Morgan fingerprint density at radius 1 is 1.14 bits per heavy atom. The summed E-state index contributed by atoms with van der Waals surface area (Å²) in [6.45, 7) is 4.37. The highest BCUT2D eigenvalue weighted by atomic mass is 16.5. The zero-order chi connectivity index (χ0) is 20.5. The lowest BCUT2D eigenvalue weighted by atomic mass is 10.1. The van der Waals surface area contributed by atoms with Crippen molar-refractivity contribution >= 4 is 17.6 Å². The number of nitrogens with zero attached hydrogens (tertiary/aromatic N) is 1. The highest BCUT2D eigenvalue weighted by Crippen LogP contribution is 2.29. The summed E-state index contributed by atoms with van der Waals surface area (Å²) >= 11 is 0. The van der Waals surface area contributed by atoms with Crippen LogP contribution in [0.3, 0.4) is 0 Å². The molecular formula is C21H28N4O3. The van der Waals surface area contributed by atoms with Gasteiger partial charge in [-0.05, 0) is 43.2 Å². The summed E-state index contributed by atoms with van der Waals surface area (Å²) < 4.78 is 10.5. The van der Waals surface area contributed by atoms with Gasteiger partial charge < -0.3 is 25.8 Å². The van der Waals surface area contributed by atoms with Crippen LogP contribution in [0.15, 0.2) is 47.5 Å². The number of nitrogens with one attached hydrogen (secondary N) is 2. The molecule has 7 heteroatoms. The van der Waals surface area contributed by atoms with Gasteiger partial charge in [-0.3, -0.25) is 4.79 Å². The van der Waals surface area contributed by atoms with E-state index in [9.17, 15) is 4.79 Å². The van der Waals surface area contributed by atoms with Crippen LogP contribution in [0.5, 0.6) is 11.5 Å². The number of methoxy groups -OCH3 is 2. The molecule has 0 saturated carbocycles. The average Bonchev–Trinajstić information content (AvgIpc) is 2.72. The van der Waals surface area contributed by atoms with Crippen molar-refractivity contribution in [3.05, 3.63) is 53.6 Å². The summed E-state index contributed by atoms with van der Waals surface area (Å²) in [5.41, 5.74) is 8.23. The van der Waals surface area contributed by atoms with E-state index in [0.717, 1.165) is 17.7 Å². The minimum absolute atomic E-state index is 0.0865. The van der Waals surface area contributed by atoms with Crippen molar-refractivity contribution in [3.8, 4) is 11.5 Å². The van der Waals surface area contributed by atoms with Gasteiger partial charge in [0.15, 0.2) is 17.5 Å². The molecule has 0 spiro atoms. The number of anilines is 1. The van der Waals surface area contributed by atoms with Crippen molar-refractivity contribution in [2.75, 3.05) is 19.5 Å². The molecule has 4 N–H and O–H groups in total. The standard InChI is InChI=1S/C21H28N4O3/c1-5-14(2)24-20(26)16-8-6-7-15(11-16)13-23-21(22)25-17-9-10-18(27-3)19(12-17)28-4/h6-12,14H,5,13H2,1-4H3,(H,24,26)(H3,22,23,25). The van der Waals surface area contributed by atoms with Crippen LogP contribution in [-0.4, -0.2) is 32.1 Å². The van der Waals surface area contributed by atoms with Gasteiger partial charge in [0.2, 0.25) is 0 Å². The fourth-order valence-electron chi connectivity index (χ4n) is 2.50. The molecule has 0 bridgehead atoms. The van der Waals surface area contributed by atoms with Crippen LogP contribution < -0.4 is 25.8 Å². The number of hydrogen-bond donors (Lipinski definition) is 3. The second kappa shape index (κ2) is 10.2. The van der Waals surface area contributed by atoms with E-state index in [2.05, 4.69) is 15.6 Å². The molecule has 0 aliphatic rings. The van der Waals surface area contributed by atoms with Crippen LogP contribution >= 0.6 is 0 Å². The molecule has 0 aliphatic carbocycles. The van der Waals surface area contributed by atoms with Gasteiger partial charge in [-0.2, -0.15) is 0 Å². The van der Waals surface area contributed by atoms with Crippen LogP contribution in [0.25, 0.3) is 0 Å². The third kappa shape index (κ3) is 5.90. The van der Waals surface area contributed by atoms with Crippen molar-refractivity contribution in [2.45, 2.75) is 32.9 Å². The normalized spacial score (nSPS) is 12.2. The van der Waals surface area contributed by atoms with Gasteiger partial charge >= 0.3 is 0 Å². The summed E-state index contributed by atoms with van der Waals surface area (Å²) in [5, 5.41) is 5.98. The van der Waals surface area contributed by atoms with E-state index in [1.54, 1.807) is 32.4 Å². The number of hydrogen-bond acceptors (Lipinski definition) is 4. The number of aliphatic imine (C=N–C) groups is 1. The molecule has 0 aromatic heterocycles. The monoisotopic (exact) mass is 384 g/mol. The van der Waals surface area contributed by atoms with Gasteiger partial charge in [0.25, 0.3) is 5.91 Å². The average molecular weight is 384 g/mol. The molecule has 1 amide bonds. The van der Waals surface area contributed by atoms with Crippen molar-refractivity contribution in [1.29, 1.82) is 0 Å². The van der Waals surface area contributed by atoms with Crippen molar-refractivity contribution in [2.24, 2.45) is 10.7 Å². The molecule has 0 aliphatic heterocycles. The minimum atomic E-state index is -0.0865. The van der Waals surface area contributed by atoms with E-state index in [0.29, 0.717) is 23.6 Å². The number of amides is 1. The molecular weight excluding hydrogens is 356 g/mol. The quantitative estimate of drug-likeness (QED) is 0.480. The van der Waals surface area contributed by atoms with Crippen LogP contribution in [0.1, 0.15) is 36.2 Å². The molecule has 7 nitrogen and oxygen atoms in total. The maximum absolute atomic E-state index is 12.3. The second-order valence-electron chi connectivity index (χ2n) is 6.38. The molecule has 2 aromatic carbocycles. The molecule has 28 heavy (non-hydrogen) atoms. The Balaban J connectivity index is 2.03. The summed E-state index contributed by atoms with van der Waals surface area (Å²) in [7, 11) is 3.15. The third-order valence-electron chi connectivity index (χ3n) is 4.27. The van der Waals surface area contributed by atoms with Crippen molar-refractivity contribution in [3.63, 3.8) is 0 Å². The molecule has 0 radical (unpaired) electrons. The molecule has 0 saturated heterocycles. The topological polar surface area (TPSA) is 98.0 Å². The van der Waals surface area contributed by atoms with Gasteiger partial charge in [0.05, 0.1) is 20.8 Å². The van der Waals surface area contributed by atoms with Gasteiger partial charge in [-0.1, -0.05) is 19.1 Å².